The number of benzene rings is 1. The molecule has 0 radical (unpaired) electrons. The number of nitrogens with zero attached hydrogens (tertiary/aromatic N) is 1. The maximum Gasteiger partial charge on any atom is 0.302 e. The SMILES string of the molecule is CC(=O)OC/C=C/C=C1/Sc2ccccc2N(C)C1=O. The Balaban J connectivity index is 2.10. The summed E-state index contributed by atoms with van der Waals surface area (Å²) in [4.78, 5) is 26.1. The molecule has 1 amide bonds. The summed E-state index contributed by atoms with van der Waals surface area (Å²) in [6.45, 7) is 1.57. The molecule has 0 aliphatic carbocycles. The number of esters is 1. The van der Waals surface area contributed by atoms with Crippen LogP contribution in [0.2, 0.25) is 0 Å². The lowest BCUT2D eigenvalue weighted by Crippen LogP contribution is -2.29. The number of carbonyl (C=O) groups excluding carboxylic acids is 2. The molecule has 0 saturated heterocycles. The average molecular weight is 289 g/mol. The summed E-state index contributed by atoms with van der Waals surface area (Å²) in [7, 11) is 1.76. The van der Waals surface area contributed by atoms with E-state index in [9.17, 15) is 9.59 Å². The molecule has 1 aromatic rings. The highest BCUT2D eigenvalue weighted by Gasteiger charge is 2.25. The van der Waals surface area contributed by atoms with Crippen molar-refractivity contribution >= 4 is 29.3 Å². The van der Waals surface area contributed by atoms with Gasteiger partial charge in [-0.2, -0.15) is 0 Å². The highest BCUT2D eigenvalue weighted by atomic mass is 32.2. The predicted molar refractivity (Wildman–Crippen MR) is 79.6 cm³/mol. The highest BCUT2D eigenvalue weighted by Crippen LogP contribution is 2.40. The number of rotatable bonds is 3. The molecule has 0 N–H and O–H groups in total. The van der Waals surface area contributed by atoms with Gasteiger partial charge >= 0.3 is 5.97 Å². The van der Waals surface area contributed by atoms with Gasteiger partial charge in [-0.25, -0.2) is 0 Å². The number of likely N-dealkylation sites (N-methyl/N-ethyl adjacent to an activating group) is 1. The highest BCUT2D eigenvalue weighted by molar-refractivity contribution is 8.04. The van der Waals surface area contributed by atoms with Crippen molar-refractivity contribution < 1.29 is 14.3 Å². The second-order valence-corrected chi connectivity index (χ2v) is 5.28. The van der Waals surface area contributed by atoms with E-state index in [4.69, 9.17) is 4.74 Å². The normalized spacial score (nSPS) is 16.6. The topological polar surface area (TPSA) is 46.6 Å². The van der Waals surface area contributed by atoms with E-state index < -0.39 is 0 Å². The van der Waals surface area contributed by atoms with Gasteiger partial charge in [-0.05, 0) is 24.3 Å². The maximum atomic E-state index is 12.2. The van der Waals surface area contributed by atoms with E-state index in [1.807, 2.05) is 24.3 Å². The van der Waals surface area contributed by atoms with Gasteiger partial charge in [-0.3, -0.25) is 9.59 Å². The first kappa shape index (κ1) is 14.4. The molecular weight excluding hydrogens is 274 g/mol. The summed E-state index contributed by atoms with van der Waals surface area (Å²) >= 11 is 1.44. The van der Waals surface area contributed by atoms with Crippen molar-refractivity contribution in [1.29, 1.82) is 0 Å². The Hall–Kier alpha value is -2.01. The molecule has 1 aliphatic heterocycles. The third-order valence-electron chi connectivity index (χ3n) is 2.73. The van der Waals surface area contributed by atoms with Gasteiger partial charge in [-0.15, -0.1) is 0 Å². The van der Waals surface area contributed by atoms with E-state index >= 15 is 0 Å². The van der Waals surface area contributed by atoms with E-state index in [1.165, 1.54) is 18.7 Å². The van der Waals surface area contributed by atoms with Crippen molar-refractivity contribution in [3.8, 4) is 0 Å². The Morgan fingerprint density at radius 2 is 2.15 bits per heavy atom. The van der Waals surface area contributed by atoms with Gasteiger partial charge in [0.25, 0.3) is 5.91 Å². The zero-order valence-corrected chi connectivity index (χ0v) is 12.1. The molecule has 0 bridgehead atoms. The lowest BCUT2D eigenvalue weighted by atomic mass is 10.2. The van der Waals surface area contributed by atoms with Crippen LogP contribution < -0.4 is 4.90 Å². The van der Waals surface area contributed by atoms with Gasteiger partial charge in [0.15, 0.2) is 0 Å². The van der Waals surface area contributed by atoms with Crippen LogP contribution in [-0.2, 0) is 14.3 Å². The molecule has 0 spiro atoms. The van der Waals surface area contributed by atoms with Crippen LogP contribution in [0.5, 0.6) is 0 Å². The van der Waals surface area contributed by atoms with Gasteiger partial charge < -0.3 is 9.64 Å². The molecule has 20 heavy (non-hydrogen) atoms. The number of allylic oxidation sites excluding steroid dienone is 2. The number of fused-ring (bicyclic) bond motifs is 1. The monoisotopic (exact) mass is 289 g/mol. The average Bonchev–Trinajstić information content (AvgIpc) is 2.43. The lowest BCUT2D eigenvalue weighted by molar-refractivity contribution is -0.139. The van der Waals surface area contributed by atoms with Crippen LogP contribution in [0.3, 0.4) is 0 Å². The zero-order valence-electron chi connectivity index (χ0n) is 11.3. The van der Waals surface area contributed by atoms with E-state index in [1.54, 1.807) is 30.2 Å². The second-order valence-electron chi connectivity index (χ2n) is 4.20. The first-order valence-corrected chi connectivity index (χ1v) is 6.96. The number of hydrogen-bond acceptors (Lipinski definition) is 4. The van der Waals surface area contributed by atoms with E-state index in [0.717, 1.165) is 10.6 Å². The van der Waals surface area contributed by atoms with Crippen molar-refractivity contribution in [2.45, 2.75) is 11.8 Å². The van der Waals surface area contributed by atoms with Crippen molar-refractivity contribution in [2.24, 2.45) is 0 Å². The lowest BCUT2D eigenvalue weighted by Gasteiger charge is -2.26. The predicted octanol–water partition coefficient (Wildman–Crippen LogP) is 2.76. The number of hydrogen-bond donors (Lipinski definition) is 0. The summed E-state index contributed by atoms with van der Waals surface area (Å²) < 4.78 is 4.78. The van der Waals surface area contributed by atoms with Gasteiger partial charge in [-0.1, -0.05) is 30.0 Å². The number of anilines is 1. The van der Waals surface area contributed by atoms with Crippen LogP contribution in [0.15, 0.2) is 52.3 Å². The number of ether oxygens (including phenoxy) is 1. The Morgan fingerprint density at radius 1 is 1.40 bits per heavy atom. The fourth-order valence-electron chi connectivity index (χ4n) is 1.74. The number of amides is 1. The molecule has 0 fully saturated rings. The van der Waals surface area contributed by atoms with E-state index in [2.05, 4.69) is 0 Å². The van der Waals surface area contributed by atoms with Crippen LogP contribution >= 0.6 is 11.8 Å². The summed E-state index contributed by atoms with van der Waals surface area (Å²) in [6, 6.07) is 7.77. The van der Waals surface area contributed by atoms with Crippen LogP contribution in [-0.4, -0.2) is 25.5 Å². The van der Waals surface area contributed by atoms with Crippen LogP contribution in [0, 0.1) is 0 Å². The molecule has 1 aliphatic rings. The summed E-state index contributed by atoms with van der Waals surface area (Å²) in [6.07, 6.45) is 5.16. The third kappa shape index (κ3) is 3.30. The summed E-state index contributed by atoms with van der Waals surface area (Å²) in [5.74, 6) is -0.357. The fraction of sp³-hybridized carbons (Fsp3) is 0.200. The molecule has 0 atom stereocenters. The van der Waals surface area contributed by atoms with Crippen molar-refractivity contribution in [3.63, 3.8) is 0 Å². The van der Waals surface area contributed by atoms with Crippen molar-refractivity contribution in [3.05, 3.63) is 47.4 Å². The smallest absolute Gasteiger partial charge is 0.302 e. The number of thioether (sulfide) groups is 1. The minimum Gasteiger partial charge on any atom is -0.462 e. The molecule has 4 nitrogen and oxygen atoms in total. The fourth-order valence-corrected chi connectivity index (χ4v) is 2.80. The largest absolute Gasteiger partial charge is 0.462 e. The third-order valence-corrected chi connectivity index (χ3v) is 3.82. The maximum absolute atomic E-state index is 12.2. The van der Waals surface area contributed by atoms with E-state index in [0.29, 0.717) is 4.91 Å². The Bertz CT molecular complexity index is 593. The van der Waals surface area contributed by atoms with E-state index in [-0.39, 0.29) is 18.5 Å². The van der Waals surface area contributed by atoms with Crippen LogP contribution in [0.1, 0.15) is 6.92 Å². The van der Waals surface area contributed by atoms with Gasteiger partial charge in [0.2, 0.25) is 0 Å². The summed E-state index contributed by atoms with van der Waals surface area (Å²) in [5.41, 5.74) is 0.920. The molecule has 2 rings (SSSR count). The number of para-hydroxylation sites is 1. The molecule has 1 aromatic carbocycles. The molecule has 5 heteroatoms. The molecule has 0 saturated carbocycles. The minimum absolute atomic E-state index is 0.0363. The standard InChI is InChI=1S/C15H15NO3S/c1-11(17)19-10-6-5-9-14-15(18)16(2)12-7-3-4-8-13(12)20-14/h3-9H,10H2,1-2H3/b6-5+,14-9+. The molecule has 104 valence electrons. The molecule has 0 aromatic heterocycles. The Kier molecular flexibility index (Phi) is 4.63. The van der Waals surface area contributed by atoms with Gasteiger partial charge in [0, 0.05) is 18.9 Å². The van der Waals surface area contributed by atoms with Gasteiger partial charge in [0.05, 0.1) is 10.6 Å². The van der Waals surface area contributed by atoms with Crippen LogP contribution in [0.25, 0.3) is 0 Å². The molecule has 0 unspecified atom stereocenters. The van der Waals surface area contributed by atoms with Crippen molar-refractivity contribution in [2.75, 3.05) is 18.6 Å². The quantitative estimate of drug-likeness (QED) is 0.634. The zero-order chi connectivity index (χ0) is 14.5. The molecule has 1 heterocycles. The van der Waals surface area contributed by atoms with Crippen molar-refractivity contribution in [1.82, 2.24) is 0 Å². The van der Waals surface area contributed by atoms with Gasteiger partial charge in [0.1, 0.15) is 6.61 Å². The summed E-state index contributed by atoms with van der Waals surface area (Å²) in [5, 5.41) is 0. The molecular formula is C15H15NO3S. The number of carbonyl (C=O) groups is 2. The second kappa shape index (κ2) is 6.43. The minimum atomic E-state index is -0.320. The van der Waals surface area contributed by atoms with Crippen LogP contribution in [0.4, 0.5) is 5.69 Å². The Morgan fingerprint density at radius 3 is 2.90 bits per heavy atom. The first-order valence-electron chi connectivity index (χ1n) is 6.14. The first-order chi connectivity index (χ1) is 9.59. The Labute approximate surface area is 122 Å².